The second-order valence-corrected chi connectivity index (χ2v) is 15.4. The molecule has 5 saturated heterocycles. The lowest BCUT2D eigenvalue weighted by molar-refractivity contribution is -0.126. The van der Waals surface area contributed by atoms with Gasteiger partial charge in [-0.2, -0.15) is 15.2 Å². The van der Waals surface area contributed by atoms with Gasteiger partial charge in [-0.05, 0) is 69.1 Å². The molecule has 1 aromatic heterocycles. The molecule has 0 spiro atoms. The number of hydrogen-bond acceptors (Lipinski definition) is 10. The largest absolute Gasteiger partial charge is 0.461 e. The first kappa shape index (κ1) is 35.1. The number of nitrogens with zero attached hydrogens (tertiary/aromatic N) is 8. The maximum atomic E-state index is 13.2. The van der Waals surface area contributed by atoms with E-state index in [1.807, 2.05) is 23.1 Å². The summed E-state index contributed by atoms with van der Waals surface area (Å²) in [4.78, 5) is 35.2. The predicted molar refractivity (Wildman–Crippen MR) is 203 cm³/mol. The Morgan fingerprint density at radius 2 is 1.75 bits per heavy atom. The SMILES string of the molecule is CC#N.O=C(/C=C/CN1C2COCC1C2)N1CCN(c2nc(OCC34CCCN3CCC4)nc3c2CCN(c2cccc4cccc(Cl)c24)C3)CC1. The van der Waals surface area contributed by atoms with Gasteiger partial charge in [0.2, 0.25) is 5.91 Å². The Morgan fingerprint density at radius 1 is 1.02 bits per heavy atom. The number of ether oxygens (including phenoxy) is 2. The number of aromatic nitrogens is 2. The highest BCUT2D eigenvalue weighted by Crippen LogP contribution is 2.40. The number of morpholine rings is 1. The Bertz CT molecular complexity index is 1830. The number of benzene rings is 2. The van der Waals surface area contributed by atoms with Gasteiger partial charge in [0.1, 0.15) is 12.4 Å². The van der Waals surface area contributed by atoms with E-state index in [2.05, 4.69) is 43.9 Å². The number of amides is 1. The molecule has 7 heterocycles. The fraction of sp³-hybridized carbons (Fsp3) is 0.550. The van der Waals surface area contributed by atoms with Crippen LogP contribution in [0.1, 0.15) is 50.3 Å². The third-order valence-electron chi connectivity index (χ3n) is 12.0. The van der Waals surface area contributed by atoms with Gasteiger partial charge in [0.15, 0.2) is 0 Å². The summed E-state index contributed by atoms with van der Waals surface area (Å²) in [5.41, 5.74) is 3.46. The van der Waals surface area contributed by atoms with E-state index in [0.29, 0.717) is 44.3 Å². The molecule has 52 heavy (non-hydrogen) atoms. The molecular weight excluding hydrogens is 676 g/mol. The second-order valence-electron chi connectivity index (χ2n) is 15.0. The van der Waals surface area contributed by atoms with Crippen LogP contribution in [0.2, 0.25) is 5.02 Å². The van der Waals surface area contributed by atoms with Crippen LogP contribution in [-0.2, 0) is 22.5 Å². The second kappa shape index (κ2) is 15.2. The molecule has 2 aromatic carbocycles. The smallest absolute Gasteiger partial charge is 0.318 e. The third kappa shape index (κ3) is 6.82. The zero-order chi connectivity index (χ0) is 35.7. The fourth-order valence-corrected chi connectivity index (χ4v) is 9.63. The molecule has 0 N–H and O–H groups in total. The summed E-state index contributed by atoms with van der Waals surface area (Å²) >= 11 is 6.76. The van der Waals surface area contributed by atoms with Gasteiger partial charge in [0.05, 0.1) is 42.1 Å². The zero-order valence-electron chi connectivity index (χ0n) is 30.2. The van der Waals surface area contributed by atoms with Crippen LogP contribution in [0.5, 0.6) is 6.01 Å². The normalized spacial score (nSPS) is 23.8. The van der Waals surface area contributed by atoms with Crippen molar-refractivity contribution >= 4 is 39.8 Å². The van der Waals surface area contributed by atoms with Crippen molar-refractivity contribution in [1.29, 1.82) is 5.26 Å². The van der Waals surface area contributed by atoms with E-state index >= 15 is 0 Å². The molecule has 0 aliphatic carbocycles. The molecule has 274 valence electrons. The van der Waals surface area contributed by atoms with Crippen molar-refractivity contribution in [3.8, 4) is 12.1 Å². The molecule has 11 nitrogen and oxygen atoms in total. The Kier molecular flexibility index (Phi) is 10.3. The highest BCUT2D eigenvalue weighted by Gasteiger charge is 2.45. The molecule has 0 radical (unpaired) electrons. The fourth-order valence-electron chi connectivity index (χ4n) is 9.35. The number of nitriles is 1. The van der Waals surface area contributed by atoms with E-state index in [-0.39, 0.29) is 11.4 Å². The van der Waals surface area contributed by atoms with E-state index in [1.54, 1.807) is 12.1 Å². The third-order valence-corrected chi connectivity index (χ3v) is 12.4. The molecule has 2 unspecified atom stereocenters. The van der Waals surface area contributed by atoms with Gasteiger partial charge in [-0.15, -0.1) is 0 Å². The van der Waals surface area contributed by atoms with E-state index in [1.165, 1.54) is 44.6 Å². The zero-order valence-corrected chi connectivity index (χ0v) is 30.9. The van der Waals surface area contributed by atoms with Crippen LogP contribution in [0.15, 0.2) is 48.6 Å². The minimum atomic E-state index is 0.0941. The number of halogens is 1. The van der Waals surface area contributed by atoms with Crippen LogP contribution < -0.4 is 14.5 Å². The number of fused-ring (bicyclic) bond motifs is 5. The Balaban J connectivity index is 0.00000125. The van der Waals surface area contributed by atoms with Gasteiger partial charge in [-0.3, -0.25) is 14.6 Å². The van der Waals surface area contributed by atoms with Crippen LogP contribution in [0.4, 0.5) is 11.5 Å². The summed E-state index contributed by atoms with van der Waals surface area (Å²) in [5.74, 6) is 1.06. The maximum Gasteiger partial charge on any atom is 0.318 e. The average molecular weight is 725 g/mol. The molecule has 2 atom stereocenters. The summed E-state index contributed by atoms with van der Waals surface area (Å²) in [5, 5.41) is 10.3. The van der Waals surface area contributed by atoms with Crippen LogP contribution in [-0.4, -0.2) is 120 Å². The Morgan fingerprint density at radius 3 is 2.48 bits per heavy atom. The highest BCUT2D eigenvalue weighted by atomic mass is 35.5. The van der Waals surface area contributed by atoms with Crippen molar-refractivity contribution in [1.82, 2.24) is 24.7 Å². The molecule has 3 aromatic rings. The van der Waals surface area contributed by atoms with Crippen LogP contribution in [0, 0.1) is 11.3 Å². The van der Waals surface area contributed by atoms with Gasteiger partial charge < -0.3 is 24.2 Å². The van der Waals surface area contributed by atoms with E-state index < -0.39 is 0 Å². The summed E-state index contributed by atoms with van der Waals surface area (Å²) < 4.78 is 12.2. The average Bonchev–Trinajstić information content (AvgIpc) is 3.76. The molecule has 6 aliphatic heterocycles. The first-order valence-corrected chi connectivity index (χ1v) is 19.4. The van der Waals surface area contributed by atoms with Crippen LogP contribution in [0.3, 0.4) is 0 Å². The van der Waals surface area contributed by atoms with Gasteiger partial charge in [0.25, 0.3) is 0 Å². The maximum absolute atomic E-state index is 13.2. The van der Waals surface area contributed by atoms with E-state index in [4.69, 9.17) is 36.3 Å². The molecule has 0 saturated carbocycles. The van der Waals surface area contributed by atoms with Crippen molar-refractivity contribution in [2.75, 3.05) is 82.0 Å². The van der Waals surface area contributed by atoms with Crippen LogP contribution >= 0.6 is 11.6 Å². The van der Waals surface area contributed by atoms with Crippen molar-refractivity contribution in [2.24, 2.45) is 0 Å². The molecule has 5 fully saturated rings. The first-order valence-electron chi connectivity index (χ1n) is 19.0. The molecule has 2 bridgehead atoms. The predicted octanol–water partition coefficient (Wildman–Crippen LogP) is 5.06. The topological polar surface area (TPSA) is 101 Å². The molecule has 6 aliphatic rings. The summed E-state index contributed by atoms with van der Waals surface area (Å²) in [6.45, 7) is 11.1. The van der Waals surface area contributed by atoms with Gasteiger partial charge in [0, 0.05) is 81.0 Å². The lowest BCUT2D eigenvalue weighted by Crippen LogP contribution is -2.63. The Labute approximate surface area is 311 Å². The molecule has 9 rings (SSSR count). The molecular formula is C40H49ClN8O3. The van der Waals surface area contributed by atoms with E-state index in [9.17, 15) is 4.79 Å². The number of piperazine rings is 1. The van der Waals surface area contributed by atoms with Crippen molar-refractivity contribution in [3.63, 3.8) is 0 Å². The lowest BCUT2D eigenvalue weighted by atomic mass is 9.91. The highest BCUT2D eigenvalue weighted by molar-refractivity contribution is 6.36. The van der Waals surface area contributed by atoms with Crippen molar-refractivity contribution < 1.29 is 14.3 Å². The number of rotatable bonds is 8. The first-order chi connectivity index (χ1) is 25.5. The van der Waals surface area contributed by atoms with Crippen LogP contribution in [0.25, 0.3) is 10.8 Å². The summed E-state index contributed by atoms with van der Waals surface area (Å²) in [6.07, 6.45) is 10.7. The van der Waals surface area contributed by atoms with E-state index in [0.717, 1.165) is 91.9 Å². The molecule has 12 heteroatoms. The van der Waals surface area contributed by atoms with Crippen molar-refractivity contribution in [3.05, 3.63) is 64.8 Å². The monoisotopic (exact) mass is 724 g/mol. The molecule has 1 amide bonds. The van der Waals surface area contributed by atoms with Gasteiger partial charge in [-0.1, -0.05) is 41.9 Å². The van der Waals surface area contributed by atoms with Crippen molar-refractivity contribution in [2.45, 2.75) is 69.6 Å². The summed E-state index contributed by atoms with van der Waals surface area (Å²) in [6, 6.07) is 15.8. The standard InChI is InChI=1S/C38H46ClN7O3.C2H3N/c39-31-8-1-6-27-7-2-9-33(35(27)31)44-17-11-30-32(23-44)40-37(49-26-38-12-4-14-45(38)15-5-13-38)41-36(30)43-20-18-42(19-21-43)34(47)10-3-16-46-28-22-29(46)25-48-24-28;1-2-3/h1-3,6-10,28-29H,4-5,11-26H2;1H3/b10-3+;. The minimum absolute atomic E-state index is 0.0941. The number of carbonyl (C=O) groups is 1. The lowest BCUT2D eigenvalue weighted by Gasteiger charge is -2.52. The number of anilines is 2. The number of hydrogen-bond donors (Lipinski definition) is 0. The Hall–Kier alpha value is -3.95. The number of carbonyl (C=O) groups excluding carboxylic acids is 1. The quantitative estimate of drug-likeness (QED) is 0.293. The minimum Gasteiger partial charge on any atom is -0.461 e. The summed E-state index contributed by atoms with van der Waals surface area (Å²) in [7, 11) is 0. The van der Waals surface area contributed by atoms with Gasteiger partial charge >= 0.3 is 6.01 Å². The van der Waals surface area contributed by atoms with Gasteiger partial charge in [-0.25, -0.2) is 0 Å².